The molecule has 9 nitrogen and oxygen atoms in total. The van der Waals surface area contributed by atoms with E-state index in [9.17, 15) is 27.9 Å². The lowest BCUT2D eigenvalue weighted by Crippen LogP contribution is -2.37. The van der Waals surface area contributed by atoms with Crippen LogP contribution in [-0.4, -0.2) is 38.7 Å². The Labute approximate surface area is 195 Å². The van der Waals surface area contributed by atoms with Crippen LogP contribution in [0, 0.1) is 6.92 Å². The normalized spacial score (nSPS) is 17.9. The van der Waals surface area contributed by atoms with Gasteiger partial charge in [0.05, 0.1) is 18.7 Å². The van der Waals surface area contributed by atoms with E-state index in [1.807, 2.05) is 0 Å². The Morgan fingerprint density at radius 1 is 1.29 bits per heavy atom. The number of β-amino-alcohol motifs (C(OH)–C–C–N with tert-alkyl or cyclic N) is 1. The van der Waals surface area contributed by atoms with Crippen LogP contribution >= 0.6 is 11.3 Å². The molecule has 0 saturated carbocycles. The van der Waals surface area contributed by atoms with Crippen molar-refractivity contribution in [1.29, 1.82) is 0 Å². The third-order valence-corrected chi connectivity index (χ3v) is 6.36. The molecule has 4 rings (SSSR count). The zero-order valence-corrected chi connectivity index (χ0v) is 18.6. The first-order valence-corrected chi connectivity index (χ1v) is 10.9. The van der Waals surface area contributed by atoms with Crippen LogP contribution < -0.4 is 21.5 Å². The number of carbonyl (C=O) groups is 1. The first-order chi connectivity index (χ1) is 16.0. The zero-order chi connectivity index (χ0) is 24.6. The lowest BCUT2D eigenvalue weighted by Gasteiger charge is -2.30. The van der Waals surface area contributed by atoms with Crippen LogP contribution in [0.5, 0.6) is 5.75 Å². The number of carbonyl (C=O) groups excluding carboxylic acids is 1. The Morgan fingerprint density at radius 3 is 2.71 bits per heavy atom. The number of aliphatic hydroxyl groups excluding tert-OH is 1. The Bertz CT molecular complexity index is 1290. The van der Waals surface area contributed by atoms with Crippen LogP contribution in [0.4, 0.5) is 13.2 Å². The van der Waals surface area contributed by atoms with E-state index >= 15 is 0 Å². The first-order valence-electron chi connectivity index (χ1n) is 10.1. The highest BCUT2D eigenvalue weighted by molar-refractivity contribution is 7.12. The molecule has 1 amide bonds. The topological polar surface area (TPSA) is 132 Å². The van der Waals surface area contributed by atoms with Gasteiger partial charge in [-0.1, -0.05) is 6.07 Å². The fraction of sp³-hybridized carbons (Fsp3) is 0.333. The largest absolute Gasteiger partial charge is 0.484 e. The standard InChI is InChI=1S/C21H20F3N5O4S/c1-10-27-19(28-20(32)29(10)8-12-3-5-16(34-12)21(22,23)24)18-13-4-2-11(33-9-17(25)31)6-14(13)15(30)7-26-18/h2-6,15,18,26,30H,7-9H2,1H3,(H2,25,31). The zero-order valence-electron chi connectivity index (χ0n) is 17.8. The summed E-state index contributed by atoms with van der Waals surface area (Å²) in [4.78, 5) is 31.8. The summed E-state index contributed by atoms with van der Waals surface area (Å²) in [5.41, 5.74) is 5.58. The number of rotatable bonds is 6. The summed E-state index contributed by atoms with van der Waals surface area (Å²) in [5, 5.41) is 13.5. The van der Waals surface area contributed by atoms with Gasteiger partial charge < -0.3 is 20.9 Å². The highest BCUT2D eigenvalue weighted by Gasteiger charge is 2.33. The van der Waals surface area contributed by atoms with Gasteiger partial charge in [-0.15, -0.1) is 11.3 Å². The number of nitrogens with one attached hydrogen (secondary N) is 1. The van der Waals surface area contributed by atoms with E-state index in [1.54, 1.807) is 25.1 Å². The number of aliphatic hydroxyl groups is 1. The molecule has 0 bridgehead atoms. The van der Waals surface area contributed by atoms with Gasteiger partial charge in [-0.25, -0.2) is 9.78 Å². The van der Waals surface area contributed by atoms with Gasteiger partial charge in [0.1, 0.15) is 16.5 Å². The minimum Gasteiger partial charge on any atom is -0.484 e. The number of thiophene rings is 1. The summed E-state index contributed by atoms with van der Waals surface area (Å²) in [6.45, 7) is 1.33. The van der Waals surface area contributed by atoms with Crippen LogP contribution in [0.2, 0.25) is 0 Å². The number of fused-ring (bicyclic) bond motifs is 1. The third-order valence-electron chi connectivity index (χ3n) is 5.25. The average Bonchev–Trinajstić information content (AvgIpc) is 3.24. The summed E-state index contributed by atoms with van der Waals surface area (Å²) in [6.07, 6.45) is -5.31. The number of halogens is 3. The van der Waals surface area contributed by atoms with Gasteiger partial charge >= 0.3 is 11.9 Å². The second-order valence-corrected chi connectivity index (χ2v) is 8.83. The Morgan fingerprint density at radius 2 is 2.06 bits per heavy atom. The molecule has 1 aromatic carbocycles. The number of nitrogens with zero attached hydrogens (tertiary/aromatic N) is 3. The number of hydrogen-bond acceptors (Lipinski definition) is 8. The van der Waals surface area contributed by atoms with Crippen LogP contribution in [-0.2, 0) is 17.5 Å². The second kappa shape index (κ2) is 9.16. The molecule has 4 N–H and O–H groups in total. The van der Waals surface area contributed by atoms with Crippen LogP contribution in [0.25, 0.3) is 0 Å². The van der Waals surface area contributed by atoms with Gasteiger partial charge in [-0.3, -0.25) is 9.36 Å². The van der Waals surface area contributed by atoms with Gasteiger partial charge in [0.15, 0.2) is 12.4 Å². The molecule has 180 valence electrons. The maximum atomic E-state index is 12.9. The SMILES string of the molecule is Cc1nc(C2NCC(O)c3cc(OCC(N)=O)ccc32)nc(=O)n1Cc1ccc(C(F)(F)F)s1. The average molecular weight is 495 g/mol. The predicted octanol–water partition coefficient (Wildman–Crippen LogP) is 1.67. The number of aryl methyl sites for hydroxylation is 1. The maximum absolute atomic E-state index is 12.9. The molecule has 0 spiro atoms. The quantitative estimate of drug-likeness (QED) is 0.474. The van der Waals surface area contributed by atoms with Crippen molar-refractivity contribution in [3.05, 3.63) is 73.3 Å². The molecule has 2 unspecified atom stereocenters. The summed E-state index contributed by atoms with van der Waals surface area (Å²) < 4.78 is 45.1. The van der Waals surface area contributed by atoms with E-state index in [4.69, 9.17) is 10.5 Å². The van der Waals surface area contributed by atoms with Crippen molar-refractivity contribution in [3.63, 3.8) is 0 Å². The molecule has 3 heterocycles. The van der Waals surface area contributed by atoms with Crippen molar-refractivity contribution in [2.75, 3.05) is 13.2 Å². The number of hydrogen-bond donors (Lipinski definition) is 3. The molecule has 34 heavy (non-hydrogen) atoms. The molecule has 2 atom stereocenters. The Balaban J connectivity index is 1.62. The molecule has 1 aliphatic rings. The number of primary amides is 1. The molecular weight excluding hydrogens is 475 g/mol. The molecule has 0 saturated heterocycles. The minimum absolute atomic E-state index is 0.0837. The molecule has 1 aliphatic heterocycles. The highest BCUT2D eigenvalue weighted by Crippen LogP contribution is 2.35. The van der Waals surface area contributed by atoms with Gasteiger partial charge in [0.25, 0.3) is 5.91 Å². The fourth-order valence-corrected chi connectivity index (χ4v) is 4.52. The molecule has 0 fully saturated rings. The van der Waals surface area contributed by atoms with Crippen LogP contribution in [0.3, 0.4) is 0 Å². The second-order valence-electron chi connectivity index (χ2n) is 7.66. The smallest absolute Gasteiger partial charge is 0.425 e. The van der Waals surface area contributed by atoms with Crippen molar-refractivity contribution in [2.24, 2.45) is 5.73 Å². The lowest BCUT2D eigenvalue weighted by molar-refractivity contribution is -0.134. The monoisotopic (exact) mass is 495 g/mol. The van der Waals surface area contributed by atoms with E-state index in [-0.39, 0.29) is 31.3 Å². The van der Waals surface area contributed by atoms with E-state index in [0.717, 1.165) is 6.07 Å². The Hall–Kier alpha value is -3.29. The van der Waals surface area contributed by atoms with Gasteiger partial charge in [-0.05, 0) is 42.3 Å². The number of ether oxygens (including phenoxy) is 1. The lowest BCUT2D eigenvalue weighted by atomic mass is 9.91. The predicted molar refractivity (Wildman–Crippen MR) is 115 cm³/mol. The summed E-state index contributed by atoms with van der Waals surface area (Å²) in [7, 11) is 0. The van der Waals surface area contributed by atoms with Crippen molar-refractivity contribution in [1.82, 2.24) is 19.9 Å². The summed E-state index contributed by atoms with van der Waals surface area (Å²) >= 11 is 0.561. The summed E-state index contributed by atoms with van der Waals surface area (Å²) in [5.74, 6) is 0.158. The van der Waals surface area contributed by atoms with Gasteiger partial charge in [0, 0.05) is 11.4 Å². The van der Waals surface area contributed by atoms with Gasteiger partial charge in [0.2, 0.25) is 0 Å². The molecule has 0 aliphatic carbocycles. The fourth-order valence-electron chi connectivity index (χ4n) is 3.66. The number of amides is 1. The van der Waals surface area contributed by atoms with Crippen LogP contribution in [0.1, 0.15) is 44.7 Å². The van der Waals surface area contributed by atoms with E-state index in [1.165, 1.54) is 10.6 Å². The summed E-state index contributed by atoms with van der Waals surface area (Å²) in [6, 6.07) is 6.54. The third kappa shape index (κ3) is 4.95. The van der Waals surface area contributed by atoms with Crippen molar-refractivity contribution in [2.45, 2.75) is 31.8 Å². The minimum atomic E-state index is -4.45. The molecule has 0 radical (unpaired) electrons. The molecular formula is C21H20F3N5O4S. The number of benzene rings is 1. The van der Waals surface area contributed by atoms with E-state index in [2.05, 4.69) is 15.3 Å². The Kier molecular flexibility index (Phi) is 6.43. The van der Waals surface area contributed by atoms with Crippen molar-refractivity contribution < 1.29 is 27.8 Å². The molecule has 3 aromatic rings. The number of alkyl halides is 3. The molecule has 13 heteroatoms. The van der Waals surface area contributed by atoms with E-state index in [0.29, 0.717) is 33.1 Å². The van der Waals surface area contributed by atoms with Crippen LogP contribution in [0.15, 0.2) is 35.1 Å². The van der Waals surface area contributed by atoms with Crippen molar-refractivity contribution >= 4 is 17.2 Å². The van der Waals surface area contributed by atoms with E-state index < -0.39 is 34.8 Å². The van der Waals surface area contributed by atoms with Crippen molar-refractivity contribution in [3.8, 4) is 5.75 Å². The number of aromatic nitrogens is 3. The maximum Gasteiger partial charge on any atom is 0.425 e. The highest BCUT2D eigenvalue weighted by atomic mass is 32.1. The molecule has 2 aromatic heterocycles. The first kappa shape index (κ1) is 23.9. The van der Waals surface area contributed by atoms with Gasteiger partial charge in [-0.2, -0.15) is 18.2 Å². The number of nitrogens with two attached hydrogens (primary N) is 1.